The topological polar surface area (TPSA) is 79.5 Å². The van der Waals surface area contributed by atoms with Crippen molar-refractivity contribution in [3.05, 3.63) is 18.3 Å². The van der Waals surface area contributed by atoms with Gasteiger partial charge in [0.2, 0.25) is 10.0 Å². The Morgan fingerprint density at radius 2 is 2.00 bits per heavy atom. The average Bonchev–Trinajstić information content (AvgIpc) is 2.47. The summed E-state index contributed by atoms with van der Waals surface area (Å²) in [4.78, 5) is 6.69. The Hall–Kier alpha value is -1.18. The molecular weight excluding hydrogens is 276 g/mol. The summed E-state index contributed by atoms with van der Waals surface area (Å²) in [7, 11) is -0.372. The maximum atomic E-state index is 12.0. The Kier molecular flexibility index (Phi) is 4.62. The van der Waals surface area contributed by atoms with Crippen LogP contribution in [0, 0.1) is 5.92 Å². The molecule has 1 saturated heterocycles. The predicted octanol–water partition coefficient (Wildman–Crippen LogP) is 0.507. The van der Waals surface area contributed by atoms with Crippen LogP contribution in [-0.2, 0) is 10.0 Å². The molecule has 0 spiro atoms. The number of nitrogens with two attached hydrogens (primary N) is 1. The number of aromatic nitrogens is 1. The summed E-state index contributed by atoms with van der Waals surface area (Å²) in [6, 6.07) is 3.39. The zero-order chi connectivity index (χ0) is 14.8. The molecule has 0 unspecified atom stereocenters. The number of hydrogen-bond acceptors (Lipinski definition) is 5. The summed E-state index contributed by atoms with van der Waals surface area (Å²) in [5.41, 5.74) is 5.68. The molecule has 0 amide bonds. The Morgan fingerprint density at radius 3 is 2.45 bits per heavy atom. The van der Waals surface area contributed by atoms with Crippen molar-refractivity contribution >= 4 is 15.8 Å². The van der Waals surface area contributed by atoms with Crippen LogP contribution in [0.4, 0.5) is 5.82 Å². The van der Waals surface area contributed by atoms with E-state index in [0.717, 1.165) is 38.3 Å². The highest BCUT2D eigenvalue weighted by atomic mass is 32.2. The summed E-state index contributed by atoms with van der Waals surface area (Å²) in [6.45, 7) is 2.59. The van der Waals surface area contributed by atoms with Gasteiger partial charge >= 0.3 is 0 Å². The molecule has 1 aliphatic heterocycles. The highest BCUT2D eigenvalue weighted by Crippen LogP contribution is 2.22. The van der Waals surface area contributed by atoms with Crippen molar-refractivity contribution in [2.45, 2.75) is 17.7 Å². The van der Waals surface area contributed by atoms with Gasteiger partial charge in [0.1, 0.15) is 10.7 Å². The summed E-state index contributed by atoms with van der Waals surface area (Å²) in [5, 5.41) is 0. The van der Waals surface area contributed by atoms with E-state index in [1.165, 1.54) is 24.6 Å². The van der Waals surface area contributed by atoms with Crippen LogP contribution in [0.2, 0.25) is 0 Å². The van der Waals surface area contributed by atoms with E-state index < -0.39 is 10.0 Å². The minimum atomic E-state index is -3.40. The molecule has 2 heterocycles. The second kappa shape index (κ2) is 6.07. The van der Waals surface area contributed by atoms with E-state index in [-0.39, 0.29) is 4.90 Å². The first-order chi connectivity index (χ1) is 9.45. The third-order valence-electron chi connectivity index (χ3n) is 3.77. The lowest BCUT2D eigenvalue weighted by molar-refractivity contribution is 0.413. The van der Waals surface area contributed by atoms with Gasteiger partial charge in [-0.2, -0.15) is 0 Å². The van der Waals surface area contributed by atoms with Gasteiger partial charge in [0.25, 0.3) is 0 Å². The van der Waals surface area contributed by atoms with Crippen molar-refractivity contribution in [1.29, 1.82) is 0 Å². The van der Waals surface area contributed by atoms with Crippen LogP contribution < -0.4 is 10.6 Å². The molecule has 1 aromatic heterocycles. The quantitative estimate of drug-likeness (QED) is 0.876. The Balaban J connectivity index is 2.10. The SMILES string of the molecule is CN(C)S(=O)(=O)c1ccc(N2CCC(CN)CC2)nc1. The fraction of sp³-hybridized carbons (Fsp3) is 0.615. The van der Waals surface area contributed by atoms with Crippen LogP contribution in [0.15, 0.2) is 23.2 Å². The van der Waals surface area contributed by atoms with E-state index in [2.05, 4.69) is 9.88 Å². The molecule has 0 aromatic carbocycles. The minimum absolute atomic E-state index is 0.225. The number of rotatable bonds is 4. The zero-order valence-corrected chi connectivity index (χ0v) is 12.8. The predicted molar refractivity (Wildman–Crippen MR) is 79.1 cm³/mol. The van der Waals surface area contributed by atoms with Gasteiger partial charge in [-0.15, -0.1) is 0 Å². The lowest BCUT2D eigenvalue weighted by Gasteiger charge is -2.32. The molecule has 112 valence electrons. The molecular formula is C13H22N4O2S. The lowest BCUT2D eigenvalue weighted by atomic mass is 9.97. The van der Waals surface area contributed by atoms with Gasteiger partial charge in [0.15, 0.2) is 0 Å². The zero-order valence-electron chi connectivity index (χ0n) is 12.0. The molecule has 7 heteroatoms. The minimum Gasteiger partial charge on any atom is -0.357 e. The van der Waals surface area contributed by atoms with Crippen molar-refractivity contribution in [2.24, 2.45) is 11.7 Å². The Bertz CT molecular complexity index is 534. The maximum absolute atomic E-state index is 12.0. The standard InChI is InChI=1S/C13H22N4O2S/c1-16(2)20(18,19)12-3-4-13(15-10-12)17-7-5-11(9-14)6-8-17/h3-4,10-11H,5-9,14H2,1-2H3. The van der Waals surface area contributed by atoms with Crippen LogP contribution in [0.3, 0.4) is 0 Å². The smallest absolute Gasteiger partial charge is 0.244 e. The molecule has 0 bridgehead atoms. The normalized spacial score (nSPS) is 17.7. The van der Waals surface area contributed by atoms with E-state index in [9.17, 15) is 8.42 Å². The first-order valence-electron chi connectivity index (χ1n) is 6.78. The molecule has 1 aliphatic rings. The highest BCUT2D eigenvalue weighted by molar-refractivity contribution is 7.89. The molecule has 20 heavy (non-hydrogen) atoms. The second-order valence-electron chi connectivity index (χ2n) is 5.31. The third-order valence-corrected chi connectivity index (χ3v) is 5.57. The first kappa shape index (κ1) is 15.2. The van der Waals surface area contributed by atoms with Gasteiger partial charge in [-0.1, -0.05) is 0 Å². The van der Waals surface area contributed by atoms with E-state index in [1.807, 2.05) is 0 Å². The summed E-state index contributed by atoms with van der Waals surface area (Å²) in [6.07, 6.45) is 3.56. The number of sulfonamides is 1. The average molecular weight is 298 g/mol. The number of nitrogens with zero attached hydrogens (tertiary/aromatic N) is 3. The van der Waals surface area contributed by atoms with Gasteiger partial charge in [-0.25, -0.2) is 17.7 Å². The van der Waals surface area contributed by atoms with Gasteiger partial charge < -0.3 is 10.6 Å². The molecule has 2 N–H and O–H groups in total. The third kappa shape index (κ3) is 3.11. The number of anilines is 1. The summed E-state index contributed by atoms with van der Waals surface area (Å²) >= 11 is 0. The molecule has 0 saturated carbocycles. The molecule has 1 fully saturated rings. The molecule has 2 rings (SSSR count). The van der Waals surface area contributed by atoms with Crippen LogP contribution in [-0.4, -0.2) is 51.4 Å². The van der Waals surface area contributed by atoms with Crippen molar-refractivity contribution in [3.63, 3.8) is 0 Å². The summed E-state index contributed by atoms with van der Waals surface area (Å²) in [5.74, 6) is 1.43. The number of pyridine rings is 1. The fourth-order valence-electron chi connectivity index (χ4n) is 2.32. The van der Waals surface area contributed by atoms with Crippen molar-refractivity contribution in [2.75, 3.05) is 38.6 Å². The highest BCUT2D eigenvalue weighted by Gasteiger charge is 2.21. The van der Waals surface area contributed by atoms with Gasteiger partial charge in [-0.05, 0) is 37.4 Å². The molecule has 0 radical (unpaired) electrons. The second-order valence-corrected chi connectivity index (χ2v) is 7.46. The van der Waals surface area contributed by atoms with Crippen LogP contribution in [0.5, 0.6) is 0 Å². The van der Waals surface area contributed by atoms with Gasteiger partial charge in [0, 0.05) is 33.4 Å². The number of piperidine rings is 1. The largest absolute Gasteiger partial charge is 0.357 e. The molecule has 6 nitrogen and oxygen atoms in total. The van der Waals surface area contributed by atoms with Crippen molar-refractivity contribution < 1.29 is 8.42 Å². The Morgan fingerprint density at radius 1 is 1.35 bits per heavy atom. The molecule has 0 aliphatic carbocycles. The lowest BCUT2D eigenvalue weighted by Crippen LogP contribution is -2.36. The van der Waals surface area contributed by atoms with E-state index in [4.69, 9.17) is 5.73 Å². The number of hydrogen-bond donors (Lipinski definition) is 1. The van der Waals surface area contributed by atoms with E-state index >= 15 is 0 Å². The van der Waals surface area contributed by atoms with Crippen molar-refractivity contribution in [1.82, 2.24) is 9.29 Å². The van der Waals surface area contributed by atoms with Crippen LogP contribution in [0.25, 0.3) is 0 Å². The van der Waals surface area contributed by atoms with Gasteiger partial charge in [-0.3, -0.25) is 0 Å². The maximum Gasteiger partial charge on any atom is 0.244 e. The van der Waals surface area contributed by atoms with E-state index in [0.29, 0.717) is 5.92 Å². The summed E-state index contributed by atoms with van der Waals surface area (Å²) < 4.78 is 25.1. The Labute approximate surface area is 120 Å². The first-order valence-corrected chi connectivity index (χ1v) is 8.22. The molecule has 0 atom stereocenters. The van der Waals surface area contributed by atoms with E-state index in [1.54, 1.807) is 12.1 Å². The molecule has 1 aromatic rings. The van der Waals surface area contributed by atoms with Crippen LogP contribution >= 0.6 is 0 Å². The fourth-order valence-corrected chi connectivity index (χ4v) is 3.17. The monoisotopic (exact) mass is 298 g/mol. The van der Waals surface area contributed by atoms with Crippen LogP contribution in [0.1, 0.15) is 12.8 Å². The van der Waals surface area contributed by atoms with Gasteiger partial charge in [0.05, 0.1) is 0 Å². The van der Waals surface area contributed by atoms with Crippen molar-refractivity contribution in [3.8, 4) is 0 Å².